The maximum Gasteiger partial charge on any atom is 0.341 e. The topological polar surface area (TPSA) is 65.8 Å². The number of piperazine rings is 1. The molecule has 1 atom stereocenters. The average molecular weight is 452 g/mol. The summed E-state index contributed by atoms with van der Waals surface area (Å²) < 4.78 is 1.96. The molecule has 0 bridgehead atoms. The highest BCUT2D eigenvalue weighted by Crippen LogP contribution is 2.41. The van der Waals surface area contributed by atoms with E-state index in [1.54, 1.807) is 6.07 Å². The second kappa shape index (κ2) is 8.77. The summed E-state index contributed by atoms with van der Waals surface area (Å²) in [6.45, 7) is 6.83. The van der Waals surface area contributed by atoms with Crippen LogP contribution in [-0.2, 0) is 6.42 Å². The van der Waals surface area contributed by atoms with Crippen molar-refractivity contribution in [2.45, 2.75) is 38.6 Å². The van der Waals surface area contributed by atoms with Gasteiger partial charge < -0.3 is 14.6 Å². The molecule has 2 aliphatic rings. The summed E-state index contributed by atoms with van der Waals surface area (Å²) in [5.41, 5.74) is 2.26. The molecule has 3 heterocycles. The van der Waals surface area contributed by atoms with Gasteiger partial charge in [0.05, 0.1) is 16.2 Å². The number of hydrogen-bond donors (Lipinski definition) is 1. The van der Waals surface area contributed by atoms with Crippen LogP contribution in [0.25, 0.3) is 10.9 Å². The Morgan fingerprint density at radius 3 is 2.63 bits per heavy atom. The van der Waals surface area contributed by atoms with E-state index in [-0.39, 0.29) is 11.6 Å². The minimum Gasteiger partial charge on any atom is -0.477 e. The summed E-state index contributed by atoms with van der Waals surface area (Å²) in [5.74, 6) is -0.491. The van der Waals surface area contributed by atoms with Gasteiger partial charge in [0.1, 0.15) is 5.56 Å². The molecule has 6 nitrogen and oxygen atoms in total. The number of pyridine rings is 1. The molecule has 30 heavy (non-hydrogen) atoms. The van der Waals surface area contributed by atoms with Crippen LogP contribution in [0.2, 0.25) is 5.02 Å². The van der Waals surface area contributed by atoms with Crippen LogP contribution in [0.3, 0.4) is 0 Å². The Morgan fingerprint density at radius 1 is 1.23 bits per heavy atom. The lowest BCUT2D eigenvalue weighted by Crippen LogP contribution is -2.47. The van der Waals surface area contributed by atoms with Gasteiger partial charge >= 0.3 is 5.97 Å². The minimum absolute atomic E-state index is 0.131. The molecule has 0 aliphatic carbocycles. The van der Waals surface area contributed by atoms with E-state index in [0.717, 1.165) is 75.2 Å². The second-order valence-corrected chi connectivity index (χ2v) is 9.06. The lowest BCUT2D eigenvalue weighted by Gasteiger charge is -2.39. The molecule has 2 aliphatic heterocycles. The number of hydrogen-bond acceptors (Lipinski definition) is 4. The van der Waals surface area contributed by atoms with Crippen molar-refractivity contribution in [2.24, 2.45) is 0 Å². The zero-order valence-corrected chi connectivity index (χ0v) is 18.7. The van der Waals surface area contributed by atoms with Crippen LogP contribution in [-0.4, -0.2) is 59.1 Å². The van der Waals surface area contributed by atoms with Crippen molar-refractivity contribution in [1.82, 2.24) is 9.47 Å². The first-order valence-electron chi connectivity index (χ1n) is 10.6. The SMILES string of the molecule is CC1CCc2c(N3CCN(CCCCCl)CC3)c(Cl)cc3c(=O)c(C(=O)O)cn1c23. The highest BCUT2D eigenvalue weighted by molar-refractivity contribution is 6.34. The number of aromatic carboxylic acids is 1. The summed E-state index contributed by atoms with van der Waals surface area (Å²) in [6.07, 6.45) is 5.37. The third kappa shape index (κ3) is 3.81. The molecule has 0 amide bonds. The molecule has 4 rings (SSSR count). The minimum atomic E-state index is -1.20. The van der Waals surface area contributed by atoms with Gasteiger partial charge in [0.25, 0.3) is 0 Å². The number of unbranched alkanes of at least 4 members (excludes halogenated alkanes) is 1. The van der Waals surface area contributed by atoms with Gasteiger partial charge in [0, 0.05) is 55.2 Å². The van der Waals surface area contributed by atoms with Gasteiger partial charge in [0.2, 0.25) is 5.43 Å². The normalized spacial score (nSPS) is 19.4. The zero-order chi connectivity index (χ0) is 21.4. The quantitative estimate of drug-likeness (QED) is 0.530. The standard InChI is InChI=1S/C22H27Cl2N3O3/c1-14-4-5-15-19-16(21(28)17(22(29)30)13-27(14)19)12-18(24)20(15)26-10-8-25(9-11-26)7-3-2-6-23/h12-14H,2-11H2,1H3,(H,29,30). The van der Waals surface area contributed by atoms with E-state index in [0.29, 0.717) is 16.3 Å². The van der Waals surface area contributed by atoms with Crippen molar-refractivity contribution in [1.29, 1.82) is 0 Å². The van der Waals surface area contributed by atoms with E-state index in [1.807, 2.05) is 4.57 Å². The fraction of sp³-hybridized carbons (Fsp3) is 0.545. The van der Waals surface area contributed by atoms with Gasteiger partial charge in [-0.15, -0.1) is 11.6 Å². The maximum absolute atomic E-state index is 12.8. The number of rotatable bonds is 6. The Morgan fingerprint density at radius 2 is 1.97 bits per heavy atom. The van der Waals surface area contributed by atoms with E-state index in [1.165, 1.54) is 6.20 Å². The van der Waals surface area contributed by atoms with Gasteiger partial charge in [0.15, 0.2) is 0 Å². The van der Waals surface area contributed by atoms with Crippen molar-refractivity contribution in [3.05, 3.63) is 38.6 Å². The van der Waals surface area contributed by atoms with Crippen LogP contribution >= 0.6 is 23.2 Å². The summed E-state index contributed by atoms with van der Waals surface area (Å²) in [7, 11) is 0. The van der Waals surface area contributed by atoms with Crippen molar-refractivity contribution < 1.29 is 9.90 Å². The van der Waals surface area contributed by atoms with Crippen LogP contribution in [0, 0.1) is 0 Å². The lowest BCUT2D eigenvalue weighted by atomic mass is 9.93. The number of anilines is 1. The van der Waals surface area contributed by atoms with Gasteiger partial charge in [-0.05, 0) is 45.2 Å². The van der Waals surface area contributed by atoms with Crippen molar-refractivity contribution in [3.63, 3.8) is 0 Å². The zero-order valence-electron chi connectivity index (χ0n) is 17.2. The van der Waals surface area contributed by atoms with Gasteiger partial charge in [-0.3, -0.25) is 9.69 Å². The molecule has 1 fully saturated rings. The van der Waals surface area contributed by atoms with Crippen molar-refractivity contribution >= 4 is 45.8 Å². The molecule has 0 spiro atoms. The summed E-state index contributed by atoms with van der Waals surface area (Å²) in [5, 5.41) is 10.4. The van der Waals surface area contributed by atoms with E-state index < -0.39 is 11.4 Å². The molecule has 8 heteroatoms. The first-order valence-corrected chi connectivity index (χ1v) is 11.5. The summed E-state index contributed by atoms with van der Waals surface area (Å²) in [4.78, 5) is 29.2. The number of aryl methyl sites for hydroxylation is 1. The Balaban J connectivity index is 1.73. The molecule has 1 saturated heterocycles. The first-order chi connectivity index (χ1) is 14.4. The summed E-state index contributed by atoms with van der Waals surface area (Å²) >= 11 is 12.5. The summed E-state index contributed by atoms with van der Waals surface area (Å²) in [6, 6.07) is 1.80. The number of carbonyl (C=O) groups is 1. The fourth-order valence-electron chi connectivity index (χ4n) is 4.75. The Labute approximate surface area is 186 Å². The van der Waals surface area contributed by atoms with Gasteiger partial charge in [-0.1, -0.05) is 11.6 Å². The third-order valence-corrected chi connectivity index (χ3v) is 6.96. The Kier molecular flexibility index (Phi) is 6.28. The molecule has 1 aromatic carbocycles. The van der Waals surface area contributed by atoms with Gasteiger partial charge in [-0.25, -0.2) is 4.79 Å². The molecule has 1 unspecified atom stereocenters. The van der Waals surface area contributed by atoms with Crippen LogP contribution < -0.4 is 10.3 Å². The number of nitrogens with zero attached hydrogens (tertiary/aromatic N) is 3. The van der Waals surface area contributed by atoms with Crippen LogP contribution in [0.5, 0.6) is 0 Å². The maximum atomic E-state index is 12.8. The van der Waals surface area contributed by atoms with Gasteiger partial charge in [-0.2, -0.15) is 0 Å². The van der Waals surface area contributed by atoms with Crippen LogP contribution in [0.1, 0.15) is 48.1 Å². The van der Waals surface area contributed by atoms with Crippen molar-refractivity contribution in [3.8, 4) is 0 Å². The average Bonchev–Trinajstić information content (AvgIpc) is 2.72. The highest BCUT2D eigenvalue weighted by Gasteiger charge is 2.29. The van der Waals surface area contributed by atoms with Crippen LogP contribution in [0.4, 0.5) is 5.69 Å². The van der Waals surface area contributed by atoms with Crippen molar-refractivity contribution in [2.75, 3.05) is 43.5 Å². The van der Waals surface area contributed by atoms with E-state index >= 15 is 0 Å². The number of carboxylic acids is 1. The molecule has 1 aromatic heterocycles. The number of alkyl halides is 1. The molecular formula is C22H27Cl2N3O3. The molecule has 0 radical (unpaired) electrons. The monoisotopic (exact) mass is 451 g/mol. The third-order valence-electron chi connectivity index (χ3n) is 6.40. The van der Waals surface area contributed by atoms with E-state index in [2.05, 4.69) is 16.7 Å². The predicted octanol–water partition coefficient (Wildman–Crippen LogP) is 4.00. The Bertz CT molecular complexity index is 1030. The molecular weight excluding hydrogens is 425 g/mol. The lowest BCUT2D eigenvalue weighted by molar-refractivity contribution is 0.0694. The fourth-order valence-corrected chi connectivity index (χ4v) is 5.29. The number of aromatic nitrogens is 1. The highest BCUT2D eigenvalue weighted by atomic mass is 35.5. The Hall–Kier alpha value is -1.76. The van der Waals surface area contributed by atoms with E-state index in [9.17, 15) is 14.7 Å². The predicted molar refractivity (Wildman–Crippen MR) is 122 cm³/mol. The number of benzene rings is 1. The smallest absolute Gasteiger partial charge is 0.341 e. The van der Waals surface area contributed by atoms with E-state index in [4.69, 9.17) is 23.2 Å². The number of halogens is 2. The number of carboxylic acid groups (broad SMARTS) is 1. The molecule has 2 aromatic rings. The molecule has 162 valence electrons. The largest absolute Gasteiger partial charge is 0.477 e. The second-order valence-electron chi connectivity index (χ2n) is 8.28. The molecule has 0 saturated carbocycles. The first kappa shape index (κ1) is 21.5. The van der Waals surface area contributed by atoms with Crippen LogP contribution in [0.15, 0.2) is 17.1 Å². The molecule has 1 N–H and O–H groups in total.